The Balaban J connectivity index is 1.42. The Morgan fingerprint density at radius 2 is 1.76 bits per heavy atom. The first-order valence-corrected chi connectivity index (χ1v) is 8.34. The lowest BCUT2D eigenvalue weighted by atomic mass is 9.95. The lowest BCUT2D eigenvalue weighted by Gasteiger charge is -2.24. The molecule has 0 amide bonds. The summed E-state index contributed by atoms with van der Waals surface area (Å²) in [5, 5.41) is 3.83. The summed E-state index contributed by atoms with van der Waals surface area (Å²) in [4.78, 5) is 0. The van der Waals surface area contributed by atoms with E-state index in [0.29, 0.717) is 0 Å². The van der Waals surface area contributed by atoms with E-state index in [-0.39, 0.29) is 0 Å². The van der Waals surface area contributed by atoms with Gasteiger partial charge >= 0.3 is 0 Å². The fourth-order valence-electron chi connectivity index (χ4n) is 4.87. The Morgan fingerprint density at radius 3 is 2.62 bits per heavy atom. The molecule has 1 heteroatoms. The number of hydrogen-bond donors (Lipinski definition) is 1. The van der Waals surface area contributed by atoms with Crippen LogP contribution >= 0.6 is 0 Å². The van der Waals surface area contributed by atoms with Gasteiger partial charge in [-0.2, -0.15) is 0 Å². The van der Waals surface area contributed by atoms with Crippen LogP contribution in [0.3, 0.4) is 0 Å². The summed E-state index contributed by atoms with van der Waals surface area (Å²) in [5.74, 6) is 1.94. The van der Waals surface area contributed by atoms with Gasteiger partial charge in [0.1, 0.15) is 0 Å². The van der Waals surface area contributed by atoms with Gasteiger partial charge in [-0.25, -0.2) is 0 Å². The highest BCUT2D eigenvalue weighted by molar-refractivity contribution is 5.78. The predicted octanol–water partition coefficient (Wildman–Crippen LogP) is 4.86. The number of fused-ring (bicyclic) bond motifs is 5. The predicted molar refractivity (Wildman–Crippen MR) is 87.5 cm³/mol. The van der Waals surface area contributed by atoms with Crippen LogP contribution in [-0.4, -0.2) is 6.04 Å². The molecular formula is C20H21N. The van der Waals surface area contributed by atoms with Gasteiger partial charge in [-0.05, 0) is 71.9 Å². The molecule has 2 fully saturated rings. The molecule has 5 rings (SSSR count). The van der Waals surface area contributed by atoms with E-state index in [1.165, 1.54) is 53.6 Å². The first-order valence-electron chi connectivity index (χ1n) is 8.34. The van der Waals surface area contributed by atoms with Crippen LogP contribution in [0.1, 0.15) is 36.8 Å². The van der Waals surface area contributed by atoms with Crippen LogP contribution in [0, 0.1) is 11.8 Å². The van der Waals surface area contributed by atoms with Crippen LogP contribution < -0.4 is 5.32 Å². The zero-order valence-electron chi connectivity index (χ0n) is 12.3. The normalized spacial score (nSPS) is 28.5. The fraction of sp³-hybridized carbons (Fsp3) is 0.400. The van der Waals surface area contributed by atoms with Crippen molar-refractivity contribution in [2.75, 3.05) is 5.32 Å². The molecule has 2 bridgehead atoms. The lowest BCUT2D eigenvalue weighted by Crippen LogP contribution is -2.25. The third-order valence-corrected chi connectivity index (χ3v) is 5.88. The summed E-state index contributed by atoms with van der Waals surface area (Å²) in [5.41, 5.74) is 7.16. The first-order chi connectivity index (χ1) is 10.4. The number of anilines is 1. The summed E-state index contributed by atoms with van der Waals surface area (Å²) < 4.78 is 0. The van der Waals surface area contributed by atoms with Gasteiger partial charge in [-0.15, -0.1) is 0 Å². The van der Waals surface area contributed by atoms with Crippen molar-refractivity contribution in [2.45, 2.75) is 38.1 Å². The second-order valence-corrected chi connectivity index (χ2v) is 7.13. The van der Waals surface area contributed by atoms with Crippen LogP contribution in [0.25, 0.3) is 11.1 Å². The first kappa shape index (κ1) is 11.9. The van der Waals surface area contributed by atoms with E-state index >= 15 is 0 Å². The van der Waals surface area contributed by atoms with Crippen molar-refractivity contribution in [3.05, 3.63) is 53.6 Å². The summed E-state index contributed by atoms with van der Waals surface area (Å²) in [6.45, 7) is 0. The molecule has 3 aliphatic carbocycles. The van der Waals surface area contributed by atoms with Crippen molar-refractivity contribution in [3.63, 3.8) is 0 Å². The van der Waals surface area contributed by atoms with Gasteiger partial charge in [0.05, 0.1) is 0 Å². The van der Waals surface area contributed by atoms with Gasteiger partial charge < -0.3 is 5.32 Å². The van der Waals surface area contributed by atoms with Crippen molar-refractivity contribution in [2.24, 2.45) is 11.8 Å². The number of benzene rings is 2. The van der Waals surface area contributed by atoms with E-state index in [2.05, 4.69) is 47.8 Å². The van der Waals surface area contributed by atoms with E-state index in [1.807, 2.05) is 0 Å². The van der Waals surface area contributed by atoms with Crippen LogP contribution in [0.5, 0.6) is 0 Å². The average molecular weight is 275 g/mol. The smallest absolute Gasteiger partial charge is 0.0345 e. The number of nitrogens with one attached hydrogen (secondary N) is 1. The van der Waals surface area contributed by atoms with E-state index in [1.54, 1.807) is 0 Å². The molecular weight excluding hydrogens is 254 g/mol. The molecule has 21 heavy (non-hydrogen) atoms. The average Bonchev–Trinajstić information content (AvgIpc) is 3.19. The summed E-state index contributed by atoms with van der Waals surface area (Å²) in [7, 11) is 0. The minimum atomic E-state index is 0.727. The van der Waals surface area contributed by atoms with Crippen molar-refractivity contribution in [3.8, 4) is 11.1 Å². The summed E-state index contributed by atoms with van der Waals surface area (Å²) in [6, 6.07) is 16.5. The zero-order valence-corrected chi connectivity index (χ0v) is 12.3. The molecule has 1 nitrogen and oxygen atoms in total. The van der Waals surface area contributed by atoms with Gasteiger partial charge in [-0.1, -0.05) is 36.8 Å². The van der Waals surface area contributed by atoms with Gasteiger partial charge in [0.15, 0.2) is 0 Å². The Labute approximate surface area is 126 Å². The maximum Gasteiger partial charge on any atom is 0.0345 e. The lowest BCUT2D eigenvalue weighted by molar-refractivity contribution is 0.440. The molecule has 1 N–H and O–H groups in total. The van der Waals surface area contributed by atoms with Crippen LogP contribution in [0.15, 0.2) is 42.5 Å². The molecule has 106 valence electrons. The second-order valence-electron chi connectivity index (χ2n) is 7.13. The van der Waals surface area contributed by atoms with Crippen LogP contribution in [0.2, 0.25) is 0 Å². The molecule has 3 aliphatic rings. The highest BCUT2D eigenvalue weighted by Gasteiger charge is 2.39. The van der Waals surface area contributed by atoms with E-state index < -0.39 is 0 Å². The number of hydrogen-bond acceptors (Lipinski definition) is 1. The van der Waals surface area contributed by atoms with Crippen molar-refractivity contribution < 1.29 is 0 Å². The molecule has 3 unspecified atom stereocenters. The second kappa shape index (κ2) is 4.37. The minimum Gasteiger partial charge on any atom is -0.382 e. The van der Waals surface area contributed by atoms with Crippen molar-refractivity contribution in [1.82, 2.24) is 0 Å². The molecule has 0 aliphatic heterocycles. The third kappa shape index (κ3) is 1.83. The van der Waals surface area contributed by atoms with Gasteiger partial charge in [0, 0.05) is 11.7 Å². The molecule has 2 aromatic rings. The van der Waals surface area contributed by atoms with Gasteiger partial charge in [0.25, 0.3) is 0 Å². The molecule has 0 heterocycles. The Hall–Kier alpha value is -1.76. The monoisotopic (exact) mass is 275 g/mol. The topological polar surface area (TPSA) is 12.0 Å². The van der Waals surface area contributed by atoms with Gasteiger partial charge in [0.2, 0.25) is 0 Å². The van der Waals surface area contributed by atoms with Gasteiger partial charge in [-0.3, -0.25) is 0 Å². The Kier molecular flexibility index (Phi) is 2.46. The van der Waals surface area contributed by atoms with E-state index in [0.717, 1.165) is 24.3 Å². The Morgan fingerprint density at radius 1 is 0.857 bits per heavy atom. The maximum atomic E-state index is 3.83. The van der Waals surface area contributed by atoms with Crippen LogP contribution in [-0.2, 0) is 6.42 Å². The van der Waals surface area contributed by atoms with Crippen LogP contribution in [0.4, 0.5) is 5.69 Å². The highest BCUT2D eigenvalue weighted by Crippen LogP contribution is 2.46. The fourth-order valence-corrected chi connectivity index (χ4v) is 4.87. The summed E-state index contributed by atoms with van der Waals surface area (Å²) >= 11 is 0. The molecule has 0 radical (unpaired) electrons. The molecule has 2 saturated carbocycles. The molecule has 0 aromatic heterocycles. The molecule has 0 saturated heterocycles. The van der Waals surface area contributed by atoms with E-state index in [9.17, 15) is 0 Å². The Bertz CT molecular complexity index is 703. The zero-order chi connectivity index (χ0) is 13.8. The maximum absolute atomic E-state index is 3.83. The minimum absolute atomic E-state index is 0.727. The third-order valence-electron chi connectivity index (χ3n) is 5.88. The SMILES string of the molecule is c1ccc2c(c1)Cc1cc(NC3CC4CCC3C4)ccc1-2. The quantitative estimate of drug-likeness (QED) is 0.704. The molecule has 2 aromatic carbocycles. The molecule has 3 atom stereocenters. The highest BCUT2D eigenvalue weighted by atomic mass is 14.9. The van der Waals surface area contributed by atoms with Crippen molar-refractivity contribution in [1.29, 1.82) is 0 Å². The van der Waals surface area contributed by atoms with Crippen molar-refractivity contribution >= 4 is 5.69 Å². The van der Waals surface area contributed by atoms with E-state index in [4.69, 9.17) is 0 Å². The molecule has 0 spiro atoms. The standard InChI is InChI=1S/C20H21N/c1-2-4-18-14(3-1)11-16-12-17(7-8-19(16)18)21-20-10-13-5-6-15(20)9-13/h1-4,7-8,12-13,15,20-21H,5-6,9-11H2. The summed E-state index contributed by atoms with van der Waals surface area (Å²) in [6.07, 6.45) is 6.87. The largest absolute Gasteiger partial charge is 0.382 e. The number of rotatable bonds is 2.